The van der Waals surface area contributed by atoms with Crippen molar-refractivity contribution in [1.82, 2.24) is 4.98 Å². The van der Waals surface area contributed by atoms with Gasteiger partial charge in [-0.1, -0.05) is 0 Å². The fourth-order valence-corrected chi connectivity index (χ4v) is 3.96. The predicted octanol–water partition coefficient (Wildman–Crippen LogP) is 4.18. The van der Waals surface area contributed by atoms with Gasteiger partial charge in [-0.15, -0.1) is 22.7 Å². The highest BCUT2D eigenvalue weighted by molar-refractivity contribution is 9.13. The molecule has 0 bridgehead atoms. The summed E-state index contributed by atoms with van der Waals surface area (Å²) in [6, 6.07) is 1.97. The Bertz CT molecular complexity index is 516. The highest BCUT2D eigenvalue weighted by Crippen LogP contribution is 2.39. The standard InChI is InChI=1S/C9H5Br2NO2S2/c1-14-9(13)6-3-12-8(16-6)5-2-4(10)7(11)15-5/h2-3H,1H3. The number of nitrogens with zero attached hydrogens (tertiary/aromatic N) is 1. The van der Waals surface area contributed by atoms with Crippen molar-refractivity contribution in [3.05, 3.63) is 25.4 Å². The van der Waals surface area contributed by atoms with Gasteiger partial charge in [0, 0.05) is 4.47 Å². The van der Waals surface area contributed by atoms with Crippen LogP contribution in [0.3, 0.4) is 0 Å². The van der Waals surface area contributed by atoms with Gasteiger partial charge in [0.15, 0.2) is 0 Å². The van der Waals surface area contributed by atoms with Crippen LogP contribution in [-0.4, -0.2) is 18.1 Å². The lowest BCUT2D eigenvalue weighted by Crippen LogP contribution is -1.96. The van der Waals surface area contributed by atoms with Crippen LogP contribution in [0.25, 0.3) is 9.88 Å². The van der Waals surface area contributed by atoms with E-state index in [9.17, 15) is 4.79 Å². The number of carbonyl (C=O) groups is 1. The van der Waals surface area contributed by atoms with Gasteiger partial charge in [-0.25, -0.2) is 9.78 Å². The molecule has 16 heavy (non-hydrogen) atoms. The Morgan fingerprint density at radius 3 is 2.75 bits per heavy atom. The molecule has 7 heteroatoms. The fraction of sp³-hybridized carbons (Fsp3) is 0.111. The van der Waals surface area contributed by atoms with Gasteiger partial charge in [0.25, 0.3) is 0 Å². The molecule has 2 rings (SSSR count). The van der Waals surface area contributed by atoms with E-state index in [1.54, 1.807) is 11.3 Å². The zero-order valence-corrected chi connectivity index (χ0v) is 12.8. The largest absolute Gasteiger partial charge is 0.465 e. The Morgan fingerprint density at radius 1 is 1.44 bits per heavy atom. The Balaban J connectivity index is 2.35. The molecule has 2 aromatic rings. The Kier molecular flexibility index (Phi) is 3.78. The summed E-state index contributed by atoms with van der Waals surface area (Å²) in [7, 11) is 1.36. The first-order chi connectivity index (χ1) is 7.61. The van der Waals surface area contributed by atoms with Crippen molar-refractivity contribution in [2.75, 3.05) is 7.11 Å². The second kappa shape index (κ2) is 4.95. The van der Waals surface area contributed by atoms with Crippen molar-refractivity contribution in [2.24, 2.45) is 0 Å². The maximum absolute atomic E-state index is 11.3. The van der Waals surface area contributed by atoms with Gasteiger partial charge in [0.1, 0.15) is 9.88 Å². The molecule has 3 nitrogen and oxygen atoms in total. The Labute approximate surface area is 117 Å². The fourth-order valence-electron chi connectivity index (χ4n) is 1.03. The first-order valence-corrected chi connectivity index (χ1v) is 7.33. The van der Waals surface area contributed by atoms with Crippen molar-refractivity contribution < 1.29 is 9.53 Å². The van der Waals surface area contributed by atoms with Gasteiger partial charge < -0.3 is 4.74 Å². The molecule has 0 radical (unpaired) electrons. The third-order valence-electron chi connectivity index (χ3n) is 1.75. The normalized spacial score (nSPS) is 10.4. The Morgan fingerprint density at radius 2 is 2.19 bits per heavy atom. The Hall–Kier alpha value is -0.240. The van der Waals surface area contributed by atoms with Crippen LogP contribution in [-0.2, 0) is 4.74 Å². The molecule has 84 valence electrons. The van der Waals surface area contributed by atoms with E-state index < -0.39 is 0 Å². The zero-order valence-electron chi connectivity index (χ0n) is 7.99. The monoisotopic (exact) mass is 381 g/mol. The number of methoxy groups -OCH3 is 1. The summed E-state index contributed by atoms with van der Waals surface area (Å²) < 4.78 is 6.63. The lowest BCUT2D eigenvalue weighted by molar-refractivity contribution is 0.0606. The maximum Gasteiger partial charge on any atom is 0.349 e. The van der Waals surface area contributed by atoms with E-state index >= 15 is 0 Å². The molecule has 0 amide bonds. The first kappa shape index (κ1) is 12.2. The molecular weight excluding hydrogens is 378 g/mol. The summed E-state index contributed by atoms with van der Waals surface area (Å²) in [5, 5.41) is 0.816. The van der Waals surface area contributed by atoms with Crippen molar-refractivity contribution in [3.63, 3.8) is 0 Å². The predicted molar refractivity (Wildman–Crippen MR) is 72.2 cm³/mol. The molecule has 0 unspecified atom stereocenters. The van der Waals surface area contributed by atoms with Gasteiger partial charge in [0.05, 0.1) is 22.0 Å². The summed E-state index contributed by atoms with van der Waals surface area (Å²) in [5.41, 5.74) is 0. The SMILES string of the molecule is COC(=O)c1cnc(-c2cc(Br)c(Br)s2)s1. The number of thiophene rings is 1. The van der Waals surface area contributed by atoms with Gasteiger partial charge in [-0.3, -0.25) is 0 Å². The highest BCUT2D eigenvalue weighted by atomic mass is 79.9. The number of aromatic nitrogens is 1. The molecule has 0 aliphatic rings. The molecular formula is C9H5Br2NO2S2. The smallest absolute Gasteiger partial charge is 0.349 e. The lowest BCUT2D eigenvalue weighted by Gasteiger charge is -1.90. The molecule has 0 aliphatic carbocycles. The minimum atomic E-state index is -0.349. The van der Waals surface area contributed by atoms with Crippen molar-refractivity contribution >= 4 is 60.5 Å². The zero-order chi connectivity index (χ0) is 11.7. The minimum Gasteiger partial charge on any atom is -0.465 e. The molecule has 0 aliphatic heterocycles. The molecule has 0 N–H and O–H groups in total. The lowest BCUT2D eigenvalue weighted by atomic mass is 10.5. The summed E-state index contributed by atoms with van der Waals surface area (Å²) in [4.78, 5) is 17.0. The van der Waals surface area contributed by atoms with Gasteiger partial charge in [0.2, 0.25) is 0 Å². The van der Waals surface area contributed by atoms with Crippen LogP contribution in [0.1, 0.15) is 9.67 Å². The number of carbonyl (C=O) groups excluding carboxylic acids is 1. The second-order valence-corrected chi connectivity index (χ2v) is 7.01. The second-order valence-electron chi connectivity index (χ2n) is 2.75. The number of hydrogen-bond donors (Lipinski definition) is 0. The third kappa shape index (κ3) is 2.37. The summed E-state index contributed by atoms with van der Waals surface area (Å²) in [5.74, 6) is -0.349. The molecule has 0 saturated heterocycles. The molecule has 0 saturated carbocycles. The van der Waals surface area contributed by atoms with Crippen LogP contribution in [0.15, 0.2) is 20.5 Å². The van der Waals surface area contributed by atoms with Gasteiger partial charge in [-0.2, -0.15) is 0 Å². The quantitative estimate of drug-likeness (QED) is 0.731. The van der Waals surface area contributed by atoms with E-state index in [-0.39, 0.29) is 5.97 Å². The van der Waals surface area contributed by atoms with Crippen LogP contribution in [0.2, 0.25) is 0 Å². The summed E-state index contributed by atoms with van der Waals surface area (Å²) in [6.45, 7) is 0. The number of hydrogen-bond acceptors (Lipinski definition) is 5. The van der Waals surface area contributed by atoms with E-state index in [2.05, 4.69) is 41.6 Å². The van der Waals surface area contributed by atoms with Crippen LogP contribution in [0.4, 0.5) is 0 Å². The van der Waals surface area contributed by atoms with E-state index in [1.807, 2.05) is 6.07 Å². The van der Waals surface area contributed by atoms with Crippen molar-refractivity contribution in [1.29, 1.82) is 0 Å². The minimum absolute atomic E-state index is 0.349. The molecule has 2 heterocycles. The van der Waals surface area contributed by atoms with Crippen molar-refractivity contribution in [3.8, 4) is 9.88 Å². The number of thiazole rings is 1. The van der Waals surface area contributed by atoms with Gasteiger partial charge in [-0.05, 0) is 37.9 Å². The molecule has 0 aromatic carbocycles. The van der Waals surface area contributed by atoms with Crippen LogP contribution in [0.5, 0.6) is 0 Å². The number of esters is 1. The van der Waals surface area contributed by atoms with Crippen LogP contribution in [0, 0.1) is 0 Å². The molecule has 0 spiro atoms. The van der Waals surface area contributed by atoms with E-state index in [0.717, 1.165) is 18.1 Å². The number of halogens is 2. The number of rotatable bonds is 2. The van der Waals surface area contributed by atoms with Crippen molar-refractivity contribution in [2.45, 2.75) is 0 Å². The van der Waals surface area contributed by atoms with E-state index in [4.69, 9.17) is 0 Å². The third-order valence-corrected chi connectivity index (χ3v) is 6.15. The topological polar surface area (TPSA) is 39.2 Å². The first-order valence-electron chi connectivity index (χ1n) is 4.11. The van der Waals surface area contributed by atoms with Crippen LogP contribution < -0.4 is 0 Å². The van der Waals surface area contributed by atoms with E-state index in [1.165, 1.54) is 24.6 Å². The highest BCUT2D eigenvalue weighted by Gasteiger charge is 2.14. The molecule has 2 aromatic heterocycles. The van der Waals surface area contributed by atoms with E-state index in [0.29, 0.717) is 4.88 Å². The number of ether oxygens (including phenoxy) is 1. The van der Waals surface area contributed by atoms with Crippen LogP contribution >= 0.6 is 54.5 Å². The summed E-state index contributed by atoms with van der Waals surface area (Å²) >= 11 is 9.72. The molecule has 0 atom stereocenters. The van der Waals surface area contributed by atoms with Gasteiger partial charge >= 0.3 is 5.97 Å². The maximum atomic E-state index is 11.3. The molecule has 0 fully saturated rings. The average Bonchev–Trinajstić information content (AvgIpc) is 2.86. The average molecular weight is 383 g/mol. The summed E-state index contributed by atoms with van der Waals surface area (Å²) in [6.07, 6.45) is 1.54.